The second-order valence-electron chi connectivity index (χ2n) is 10.7. The Balaban J connectivity index is 0.000000428. The SMILES string of the molecule is CC(C)(C)CCNC(=O)c1ccc(N2CCN(C(=O)c3ccccc3C(F)(F)F)CC2)nn1.O=C(O)c1ccc(Cl)nn1. The summed E-state index contributed by atoms with van der Waals surface area (Å²) in [7, 11) is 0. The molecular weight excluding hydrogens is 591 g/mol. The van der Waals surface area contributed by atoms with Crippen molar-refractivity contribution in [3.05, 3.63) is 76.2 Å². The minimum atomic E-state index is -4.59. The zero-order valence-electron chi connectivity index (χ0n) is 23.7. The molecule has 2 amide bonds. The van der Waals surface area contributed by atoms with E-state index in [2.05, 4.69) is 46.5 Å². The fraction of sp³-hybridized carbons (Fsp3) is 0.393. The first-order valence-electron chi connectivity index (χ1n) is 13.2. The van der Waals surface area contributed by atoms with Gasteiger partial charge in [-0.15, -0.1) is 20.4 Å². The Labute approximate surface area is 251 Å². The number of carbonyl (C=O) groups is 3. The molecule has 15 heteroatoms. The van der Waals surface area contributed by atoms with Gasteiger partial charge in [0.05, 0.1) is 11.1 Å². The first kappa shape index (κ1) is 33.2. The molecule has 0 radical (unpaired) electrons. The van der Waals surface area contributed by atoms with Gasteiger partial charge in [-0.2, -0.15) is 13.2 Å². The van der Waals surface area contributed by atoms with Gasteiger partial charge in [0, 0.05) is 32.7 Å². The Morgan fingerprint density at radius 3 is 2.05 bits per heavy atom. The molecule has 0 bridgehead atoms. The molecule has 0 atom stereocenters. The number of aromatic carboxylic acids is 1. The van der Waals surface area contributed by atoms with Crippen molar-refractivity contribution in [1.82, 2.24) is 30.6 Å². The monoisotopic (exact) mass is 621 g/mol. The molecule has 1 aliphatic rings. The number of amides is 2. The van der Waals surface area contributed by atoms with Gasteiger partial charge in [-0.05, 0) is 48.2 Å². The molecule has 2 aromatic heterocycles. The summed E-state index contributed by atoms with van der Waals surface area (Å²) in [5.41, 5.74) is -1.06. The third kappa shape index (κ3) is 9.87. The van der Waals surface area contributed by atoms with Crippen molar-refractivity contribution in [3.63, 3.8) is 0 Å². The van der Waals surface area contributed by atoms with Crippen molar-refractivity contribution in [2.75, 3.05) is 37.6 Å². The minimum absolute atomic E-state index is 0.107. The lowest BCUT2D eigenvalue weighted by Gasteiger charge is -2.35. The zero-order chi connectivity index (χ0) is 31.8. The van der Waals surface area contributed by atoms with Crippen LogP contribution in [0.1, 0.15) is 64.1 Å². The van der Waals surface area contributed by atoms with Crippen molar-refractivity contribution < 1.29 is 32.7 Å². The Kier molecular flexibility index (Phi) is 11.0. The summed E-state index contributed by atoms with van der Waals surface area (Å²) in [6.07, 6.45) is -3.76. The maximum atomic E-state index is 13.2. The lowest BCUT2D eigenvalue weighted by Crippen LogP contribution is -2.49. The van der Waals surface area contributed by atoms with Gasteiger partial charge in [-0.1, -0.05) is 44.5 Å². The van der Waals surface area contributed by atoms with Crippen molar-refractivity contribution in [1.29, 1.82) is 0 Å². The van der Waals surface area contributed by atoms with Crippen molar-refractivity contribution >= 4 is 35.2 Å². The molecular formula is C28H31ClF3N7O4. The number of benzene rings is 1. The number of halogens is 4. The van der Waals surface area contributed by atoms with Gasteiger partial charge in [0.15, 0.2) is 22.4 Å². The van der Waals surface area contributed by atoms with Crippen LogP contribution in [0.4, 0.5) is 19.0 Å². The summed E-state index contributed by atoms with van der Waals surface area (Å²) in [5.74, 6) is -1.50. The van der Waals surface area contributed by atoms with E-state index in [4.69, 9.17) is 16.7 Å². The Morgan fingerprint density at radius 2 is 1.51 bits per heavy atom. The predicted octanol–water partition coefficient (Wildman–Crippen LogP) is 4.45. The highest BCUT2D eigenvalue weighted by Gasteiger charge is 2.36. The number of piperazine rings is 1. The number of carbonyl (C=O) groups excluding carboxylic acids is 2. The van der Waals surface area contributed by atoms with Crippen molar-refractivity contribution in [2.45, 2.75) is 33.4 Å². The van der Waals surface area contributed by atoms with Gasteiger partial charge < -0.3 is 20.2 Å². The number of carboxylic acid groups (broad SMARTS) is 1. The predicted molar refractivity (Wildman–Crippen MR) is 152 cm³/mol. The number of nitrogens with one attached hydrogen (secondary N) is 1. The zero-order valence-corrected chi connectivity index (χ0v) is 24.5. The smallest absolute Gasteiger partial charge is 0.417 e. The second kappa shape index (κ2) is 14.2. The maximum Gasteiger partial charge on any atom is 0.417 e. The van der Waals surface area contributed by atoms with E-state index in [-0.39, 0.29) is 46.5 Å². The summed E-state index contributed by atoms with van der Waals surface area (Å²) in [6.45, 7) is 8.11. The standard InChI is InChI=1S/C23H28F3N5O2.C5H3ClN2O2/c1-22(2,3)10-11-27-20(32)18-8-9-19(29-28-18)30-12-14-31(15-13-30)21(33)16-6-4-5-7-17(16)23(24,25)26;6-4-2-1-3(5(9)10)7-8-4/h4-9H,10-15H2,1-3H3,(H,27,32);1-2H,(H,9,10). The molecule has 1 saturated heterocycles. The van der Waals surface area contributed by atoms with Gasteiger partial charge >= 0.3 is 12.1 Å². The molecule has 230 valence electrons. The molecule has 4 rings (SSSR count). The average Bonchev–Trinajstić information content (AvgIpc) is 2.96. The maximum absolute atomic E-state index is 13.2. The minimum Gasteiger partial charge on any atom is -0.476 e. The van der Waals surface area contributed by atoms with Gasteiger partial charge in [-0.25, -0.2) is 4.79 Å². The number of hydrogen-bond acceptors (Lipinski definition) is 8. The number of alkyl halides is 3. The lowest BCUT2D eigenvalue weighted by molar-refractivity contribution is -0.138. The number of aromatic nitrogens is 4. The van der Waals surface area contributed by atoms with Gasteiger partial charge in [-0.3, -0.25) is 9.59 Å². The molecule has 1 aromatic carbocycles. The molecule has 43 heavy (non-hydrogen) atoms. The fourth-order valence-corrected chi connectivity index (χ4v) is 4.01. The molecule has 0 spiro atoms. The summed E-state index contributed by atoms with van der Waals surface area (Å²) >= 11 is 5.35. The van der Waals surface area contributed by atoms with Crippen LogP contribution in [-0.2, 0) is 6.18 Å². The van der Waals surface area contributed by atoms with Crippen LogP contribution in [0.2, 0.25) is 5.15 Å². The number of carboxylic acids is 1. The first-order chi connectivity index (χ1) is 20.2. The number of rotatable bonds is 6. The lowest BCUT2D eigenvalue weighted by atomic mass is 9.92. The van der Waals surface area contributed by atoms with E-state index in [0.29, 0.717) is 25.5 Å². The molecule has 0 saturated carbocycles. The molecule has 1 fully saturated rings. The van der Waals surface area contributed by atoms with E-state index in [1.807, 2.05) is 4.90 Å². The molecule has 2 N–H and O–H groups in total. The Bertz CT molecular complexity index is 1410. The number of nitrogens with zero attached hydrogens (tertiary/aromatic N) is 6. The van der Waals surface area contributed by atoms with Crippen LogP contribution in [0.5, 0.6) is 0 Å². The van der Waals surface area contributed by atoms with Crippen LogP contribution in [-0.4, -0.2) is 80.9 Å². The third-order valence-corrected chi connectivity index (χ3v) is 6.45. The van der Waals surface area contributed by atoms with Crippen LogP contribution in [0, 0.1) is 5.41 Å². The summed E-state index contributed by atoms with van der Waals surface area (Å²) < 4.78 is 39.7. The van der Waals surface area contributed by atoms with Crippen LogP contribution < -0.4 is 10.2 Å². The van der Waals surface area contributed by atoms with Gasteiger partial charge in [0.2, 0.25) is 0 Å². The molecule has 11 nitrogen and oxygen atoms in total. The third-order valence-electron chi connectivity index (χ3n) is 6.25. The highest BCUT2D eigenvalue weighted by Crippen LogP contribution is 2.32. The largest absolute Gasteiger partial charge is 0.476 e. The Morgan fingerprint density at radius 1 is 0.884 bits per heavy atom. The van der Waals surface area contributed by atoms with E-state index < -0.39 is 23.6 Å². The van der Waals surface area contributed by atoms with Crippen LogP contribution in [0.25, 0.3) is 0 Å². The van der Waals surface area contributed by atoms with Crippen molar-refractivity contribution in [2.24, 2.45) is 5.41 Å². The Hall–Kier alpha value is -4.33. The van der Waals surface area contributed by atoms with Gasteiger partial charge in [0.1, 0.15) is 0 Å². The molecule has 0 unspecified atom stereocenters. The topological polar surface area (TPSA) is 142 Å². The van der Waals surface area contributed by atoms with Crippen molar-refractivity contribution in [3.8, 4) is 0 Å². The van der Waals surface area contributed by atoms with E-state index in [9.17, 15) is 27.6 Å². The van der Waals surface area contributed by atoms with Gasteiger partial charge in [0.25, 0.3) is 11.8 Å². The van der Waals surface area contributed by atoms with E-state index in [0.717, 1.165) is 12.5 Å². The highest BCUT2D eigenvalue weighted by molar-refractivity contribution is 6.29. The summed E-state index contributed by atoms with van der Waals surface area (Å²) in [5, 5.41) is 26.1. The summed E-state index contributed by atoms with van der Waals surface area (Å²) in [4.78, 5) is 38.4. The fourth-order valence-electron chi connectivity index (χ4n) is 3.91. The van der Waals surface area contributed by atoms with Crippen LogP contribution in [0.3, 0.4) is 0 Å². The van der Waals surface area contributed by atoms with E-state index in [1.165, 1.54) is 35.2 Å². The normalized spacial score (nSPS) is 13.6. The van der Waals surface area contributed by atoms with E-state index in [1.54, 1.807) is 12.1 Å². The molecule has 0 aliphatic carbocycles. The average molecular weight is 622 g/mol. The summed E-state index contributed by atoms with van der Waals surface area (Å²) in [6, 6.07) is 10.7. The number of hydrogen-bond donors (Lipinski definition) is 2. The molecule has 3 heterocycles. The number of anilines is 1. The van der Waals surface area contributed by atoms with Crippen LogP contribution in [0.15, 0.2) is 48.5 Å². The van der Waals surface area contributed by atoms with Crippen LogP contribution >= 0.6 is 11.6 Å². The first-order valence-corrected chi connectivity index (χ1v) is 13.6. The highest BCUT2D eigenvalue weighted by atomic mass is 35.5. The quantitative estimate of drug-likeness (QED) is 0.408. The van der Waals surface area contributed by atoms with E-state index >= 15 is 0 Å². The molecule has 3 aromatic rings. The molecule has 1 aliphatic heterocycles. The second-order valence-corrected chi connectivity index (χ2v) is 11.1.